The van der Waals surface area contributed by atoms with Crippen LogP contribution in [0.25, 0.3) is 0 Å². The van der Waals surface area contributed by atoms with Crippen molar-refractivity contribution in [3.8, 4) is 0 Å². The van der Waals surface area contributed by atoms with E-state index in [0.29, 0.717) is 6.04 Å². The first-order valence-corrected chi connectivity index (χ1v) is 8.99. The Bertz CT molecular complexity index is 248. The molecule has 1 aliphatic carbocycles. The Morgan fingerprint density at radius 2 is 1.90 bits per heavy atom. The topological polar surface area (TPSA) is 21.3 Å². The van der Waals surface area contributed by atoms with Gasteiger partial charge in [-0.15, -0.1) is 0 Å². The Morgan fingerprint density at radius 3 is 2.40 bits per heavy atom. The van der Waals surface area contributed by atoms with Gasteiger partial charge in [-0.05, 0) is 44.6 Å². The minimum atomic E-state index is 0.0883. The quantitative estimate of drug-likeness (QED) is 0.658. The molecule has 3 unspecified atom stereocenters. The van der Waals surface area contributed by atoms with Crippen molar-refractivity contribution >= 4 is 0 Å². The monoisotopic (exact) mass is 283 g/mol. The Balaban J connectivity index is 2.86. The maximum atomic E-state index is 6.38. The van der Waals surface area contributed by atoms with Gasteiger partial charge in [-0.3, -0.25) is 0 Å². The van der Waals surface area contributed by atoms with Gasteiger partial charge in [0.25, 0.3) is 0 Å². The van der Waals surface area contributed by atoms with Gasteiger partial charge < -0.3 is 10.1 Å². The highest BCUT2D eigenvalue weighted by atomic mass is 16.5. The first kappa shape index (κ1) is 18.0. The van der Waals surface area contributed by atoms with E-state index in [1.807, 2.05) is 0 Å². The maximum Gasteiger partial charge on any atom is 0.0837 e. The van der Waals surface area contributed by atoms with E-state index in [4.69, 9.17) is 4.74 Å². The molecular weight excluding hydrogens is 246 g/mol. The fourth-order valence-electron chi connectivity index (χ4n) is 4.07. The number of ether oxygens (including phenoxy) is 1. The fraction of sp³-hybridized carbons (Fsp3) is 1.00. The SMILES string of the molecule is CCNC(CC(CC)CC)C1(OCC)CCCC(C)C1. The normalized spacial score (nSPS) is 28.8. The van der Waals surface area contributed by atoms with Crippen LogP contribution in [0.15, 0.2) is 0 Å². The molecule has 0 bridgehead atoms. The van der Waals surface area contributed by atoms with Crippen LogP contribution in [0.5, 0.6) is 0 Å². The zero-order chi connectivity index (χ0) is 15.0. The first-order valence-electron chi connectivity index (χ1n) is 8.99. The molecule has 0 aromatic heterocycles. The van der Waals surface area contributed by atoms with Gasteiger partial charge in [-0.2, -0.15) is 0 Å². The highest BCUT2D eigenvalue weighted by Gasteiger charge is 2.42. The molecule has 1 N–H and O–H groups in total. The van der Waals surface area contributed by atoms with Gasteiger partial charge in [0, 0.05) is 12.6 Å². The minimum Gasteiger partial charge on any atom is -0.374 e. The lowest BCUT2D eigenvalue weighted by Gasteiger charge is -2.46. The van der Waals surface area contributed by atoms with Gasteiger partial charge in [-0.25, -0.2) is 0 Å². The summed E-state index contributed by atoms with van der Waals surface area (Å²) in [6, 6.07) is 0.528. The van der Waals surface area contributed by atoms with Crippen LogP contribution in [0.3, 0.4) is 0 Å². The van der Waals surface area contributed by atoms with E-state index < -0.39 is 0 Å². The van der Waals surface area contributed by atoms with Gasteiger partial charge in [0.05, 0.1) is 5.60 Å². The molecule has 0 spiro atoms. The van der Waals surface area contributed by atoms with Crippen LogP contribution in [0, 0.1) is 11.8 Å². The summed E-state index contributed by atoms with van der Waals surface area (Å²) < 4.78 is 6.38. The van der Waals surface area contributed by atoms with Crippen molar-refractivity contribution < 1.29 is 4.74 Å². The van der Waals surface area contributed by atoms with E-state index in [2.05, 4.69) is 39.9 Å². The van der Waals surface area contributed by atoms with Crippen LogP contribution in [-0.2, 0) is 4.74 Å². The molecule has 0 aromatic carbocycles. The lowest BCUT2D eigenvalue weighted by Crippen LogP contribution is -2.55. The molecule has 20 heavy (non-hydrogen) atoms. The third-order valence-corrected chi connectivity index (χ3v) is 5.23. The standard InChI is InChI=1S/C18H37NO/c1-6-16(7-2)13-17(19-8-3)18(20-9-4)12-10-11-15(5)14-18/h15-17,19H,6-14H2,1-5H3. The molecule has 0 aliphatic heterocycles. The Kier molecular flexibility index (Phi) is 8.13. The molecule has 1 rings (SSSR count). The van der Waals surface area contributed by atoms with Crippen molar-refractivity contribution in [3.05, 3.63) is 0 Å². The molecule has 2 nitrogen and oxygen atoms in total. The molecule has 120 valence electrons. The van der Waals surface area contributed by atoms with E-state index in [-0.39, 0.29) is 5.60 Å². The van der Waals surface area contributed by atoms with Crippen LogP contribution in [0.1, 0.15) is 79.6 Å². The Labute approximate surface area is 127 Å². The van der Waals surface area contributed by atoms with E-state index >= 15 is 0 Å². The van der Waals surface area contributed by atoms with E-state index in [1.165, 1.54) is 44.9 Å². The van der Waals surface area contributed by atoms with Gasteiger partial charge in [0.2, 0.25) is 0 Å². The van der Waals surface area contributed by atoms with Crippen molar-refractivity contribution in [2.75, 3.05) is 13.2 Å². The van der Waals surface area contributed by atoms with Crippen LogP contribution in [0.2, 0.25) is 0 Å². The molecule has 0 heterocycles. The summed E-state index contributed by atoms with van der Waals surface area (Å²) in [6.07, 6.45) is 9.02. The predicted octanol–water partition coefficient (Wildman–Crippen LogP) is 4.78. The van der Waals surface area contributed by atoms with E-state index in [1.54, 1.807) is 0 Å². The molecule has 0 radical (unpaired) electrons. The van der Waals surface area contributed by atoms with Gasteiger partial charge >= 0.3 is 0 Å². The molecule has 0 saturated heterocycles. The number of likely N-dealkylation sites (N-methyl/N-ethyl adjacent to an activating group) is 1. The van der Waals surface area contributed by atoms with Gasteiger partial charge in [0.1, 0.15) is 0 Å². The summed E-state index contributed by atoms with van der Waals surface area (Å²) in [5.74, 6) is 1.63. The molecule has 0 amide bonds. The van der Waals surface area contributed by atoms with Gasteiger partial charge in [0.15, 0.2) is 0 Å². The van der Waals surface area contributed by atoms with Crippen molar-refractivity contribution in [2.45, 2.75) is 91.2 Å². The summed E-state index contributed by atoms with van der Waals surface area (Å²) >= 11 is 0. The summed E-state index contributed by atoms with van der Waals surface area (Å²) in [5, 5.41) is 3.77. The lowest BCUT2D eigenvalue weighted by molar-refractivity contribution is -0.104. The summed E-state index contributed by atoms with van der Waals surface area (Å²) in [4.78, 5) is 0. The summed E-state index contributed by atoms with van der Waals surface area (Å²) in [6.45, 7) is 13.3. The van der Waals surface area contributed by atoms with Crippen molar-refractivity contribution in [1.29, 1.82) is 0 Å². The third kappa shape index (κ3) is 4.73. The van der Waals surface area contributed by atoms with Crippen LogP contribution >= 0.6 is 0 Å². The van der Waals surface area contributed by atoms with Crippen molar-refractivity contribution in [3.63, 3.8) is 0 Å². The van der Waals surface area contributed by atoms with Crippen LogP contribution in [-0.4, -0.2) is 24.8 Å². The molecule has 1 fully saturated rings. The second-order valence-electron chi connectivity index (χ2n) is 6.73. The van der Waals surface area contributed by atoms with E-state index in [9.17, 15) is 0 Å². The number of hydrogen-bond donors (Lipinski definition) is 1. The highest BCUT2D eigenvalue weighted by Crippen LogP contribution is 2.40. The molecule has 0 aromatic rings. The van der Waals surface area contributed by atoms with Crippen molar-refractivity contribution in [1.82, 2.24) is 5.32 Å². The zero-order valence-corrected chi connectivity index (χ0v) is 14.5. The van der Waals surface area contributed by atoms with Crippen LogP contribution in [0.4, 0.5) is 0 Å². The number of rotatable bonds is 9. The zero-order valence-electron chi connectivity index (χ0n) is 14.5. The van der Waals surface area contributed by atoms with Crippen molar-refractivity contribution in [2.24, 2.45) is 11.8 Å². The Morgan fingerprint density at radius 1 is 1.20 bits per heavy atom. The second-order valence-corrected chi connectivity index (χ2v) is 6.73. The average molecular weight is 284 g/mol. The second kappa shape index (κ2) is 9.04. The summed E-state index contributed by atoms with van der Waals surface area (Å²) in [7, 11) is 0. The average Bonchev–Trinajstić information content (AvgIpc) is 2.43. The molecule has 1 aliphatic rings. The molecular formula is C18H37NO. The molecule has 1 saturated carbocycles. The third-order valence-electron chi connectivity index (χ3n) is 5.23. The first-order chi connectivity index (χ1) is 9.61. The van der Waals surface area contributed by atoms with Crippen LogP contribution < -0.4 is 5.32 Å². The van der Waals surface area contributed by atoms with E-state index in [0.717, 1.165) is 25.0 Å². The minimum absolute atomic E-state index is 0.0883. The summed E-state index contributed by atoms with van der Waals surface area (Å²) in [5.41, 5.74) is 0.0883. The number of nitrogens with one attached hydrogen (secondary N) is 1. The highest BCUT2D eigenvalue weighted by molar-refractivity contribution is 4.97. The molecule has 2 heteroatoms. The number of hydrogen-bond acceptors (Lipinski definition) is 2. The maximum absolute atomic E-state index is 6.38. The Hall–Kier alpha value is -0.0800. The fourth-order valence-corrected chi connectivity index (χ4v) is 4.07. The smallest absolute Gasteiger partial charge is 0.0837 e. The lowest BCUT2D eigenvalue weighted by atomic mass is 9.72. The predicted molar refractivity (Wildman–Crippen MR) is 88.1 cm³/mol. The molecule has 3 atom stereocenters. The largest absolute Gasteiger partial charge is 0.374 e. The van der Waals surface area contributed by atoms with Gasteiger partial charge in [-0.1, -0.05) is 53.4 Å².